The van der Waals surface area contributed by atoms with E-state index in [1.54, 1.807) is 18.2 Å². The Bertz CT molecular complexity index is 1730. The fourth-order valence-corrected chi connectivity index (χ4v) is 6.17. The van der Waals surface area contributed by atoms with Gasteiger partial charge in [0.15, 0.2) is 11.9 Å². The second-order valence-electron chi connectivity index (χ2n) is 11.5. The normalized spacial score (nSPS) is 14.1. The first-order chi connectivity index (χ1) is 26.0. The molecule has 1 aliphatic heterocycles. The average Bonchev–Trinajstić information content (AvgIpc) is 3.05. The number of aliphatic carboxylic acids is 2. The number of hydrogen-bond donors (Lipinski definition) is 6. The third-order valence-corrected chi connectivity index (χ3v) is 8.06. The fraction of sp³-hybridized carbons (Fsp3) is 0.387. The molecule has 15 nitrogen and oxygen atoms in total. The second kappa shape index (κ2) is 20.9. The number of halogens is 11. The molecule has 1 fully saturated rings. The summed E-state index contributed by atoms with van der Waals surface area (Å²) in [6, 6.07) is 8.62. The molecule has 26 heteroatoms. The first-order valence-electron chi connectivity index (χ1n) is 15.5. The van der Waals surface area contributed by atoms with Gasteiger partial charge in [0, 0.05) is 35.1 Å². The van der Waals surface area contributed by atoms with E-state index in [4.69, 9.17) is 42.7 Å². The zero-order valence-corrected chi connectivity index (χ0v) is 32.1. The molecule has 0 radical (unpaired) electrons. The molecular weight excluding hydrogens is 927 g/mol. The number of alkyl halides is 9. The molecule has 1 aliphatic rings. The van der Waals surface area contributed by atoms with Crippen LogP contribution >= 0.6 is 31.9 Å². The van der Waals surface area contributed by atoms with Crippen LogP contribution < -0.4 is 22.9 Å². The average molecular weight is 960 g/mol. The van der Waals surface area contributed by atoms with E-state index >= 15 is 0 Å². The van der Waals surface area contributed by atoms with E-state index in [0.29, 0.717) is 20.1 Å². The quantitative estimate of drug-likeness (QED) is 0.0572. The molecular formula is C31H33Br2F9N8O7. The smallest absolute Gasteiger partial charge is 0.475 e. The number of carboxylic acid groups (broad SMARTS) is 2. The molecule has 316 valence electrons. The van der Waals surface area contributed by atoms with E-state index < -0.39 is 59.3 Å². The maximum atomic E-state index is 14.3. The number of carbonyl (C=O) groups is 5. The Kier molecular flexibility index (Phi) is 18.3. The lowest BCUT2D eigenvalue weighted by Gasteiger charge is -2.44. The lowest BCUT2D eigenvalue weighted by Crippen LogP contribution is -2.66. The summed E-state index contributed by atoms with van der Waals surface area (Å²) in [5, 5.41) is 14.2. The molecule has 3 rings (SSSR count). The summed E-state index contributed by atoms with van der Waals surface area (Å²) in [5.41, 5.74) is 19.7. The number of barbiturate groups is 1. The highest BCUT2D eigenvalue weighted by atomic mass is 79.9. The Morgan fingerprint density at radius 3 is 1.32 bits per heavy atom. The van der Waals surface area contributed by atoms with Crippen LogP contribution in [-0.2, 0) is 38.2 Å². The van der Waals surface area contributed by atoms with Crippen LogP contribution in [0.4, 0.5) is 44.3 Å². The van der Waals surface area contributed by atoms with E-state index in [1.165, 1.54) is 12.1 Å². The van der Waals surface area contributed by atoms with Crippen molar-refractivity contribution in [3.8, 4) is 0 Å². The number of imide groups is 2. The van der Waals surface area contributed by atoms with E-state index in [-0.39, 0.29) is 63.8 Å². The van der Waals surface area contributed by atoms with Crippen molar-refractivity contribution in [2.45, 2.75) is 44.2 Å². The minimum Gasteiger partial charge on any atom is -0.475 e. The van der Waals surface area contributed by atoms with Crippen LogP contribution in [0.5, 0.6) is 0 Å². The third kappa shape index (κ3) is 16.1. The predicted molar refractivity (Wildman–Crippen MR) is 190 cm³/mol. The molecule has 0 aliphatic carbocycles. The molecule has 4 amide bonds. The zero-order chi connectivity index (χ0) is 44.1. The second-order valence-corrected chi connectivity index (χ2v) is 13.4. The number of carbonyl (C=O) groups excluding carboxylic acids is 3. The van der Waals surface area contributed by atoms with Gasteiger partial charge in [0.05, 0.1) is 5.56 Å². The van der Waals surface area contributed by atoms with E-state index in [1.807, 2.05) is 0 Å². The van der Waals surface area contributed by atoms with Crippen molar-refractivity contribution >= 4 is 73.6 Å². The zero-order valence-electron chi connectivity index (χ0n) is 28.9. The summed E-state index contributed by atoms with van der Waals surface area (Å²) >= 11 is 6.83. The van der Waals surface area contributed by atoms with Crippen LogP contribution in [-0.4, -0.2) is 100 Å². The van der Waals surface area contributed by atoms with Crippen molar-refractivity contribution in [2.24, 2.45) is 38.3 Å². The number of amides is 4. The minimum absolute atomic E-state index is 0.108. The number of benzene rings is 2. The van der Waals surface area contributed by atoms with Gasteiger partial charge in [0.25, 0.3) is 0 Å². The van der Waals surface area contributed by atoms with E-state index in [0.717, 1.165) is 21.9 Å². The molecule has 1 heterocycles. The first kappa shape index (κ1) is 49.9. The molecule has 0 bridgehead atoms. The number of aliphatic imine (C=N–C) groups is 2. The van der Waals surface area contributed by atoms with Crippen molar-refractivity contribution in [3.63, 3.8) is 0 Å². The minimum atomic E-state index is -5.08. The van der Waals surface area contributed by atoms with Crippen LogP contribution in [0.3, 0.4) is 0 Å². The van der Waals surface area contributed by atoms with Crippen LogP contribution in [0.25, 0.3) is 0 Å². The monoisotopic (exact) mass is 958 g/mol. The molecule has 2 aromatic carbocycles. The maximum absolute atomic E-state index is 14.3. The maximum Gasteiger partial charge on any atom is 0.490 e. The topological polar surface area (TPSA) is 261 Å². The van der Waals surface area contributed by atoms with Gasteiger partial charge in [0.1, 0.15) is 5.41 Å². The van der Waals surface area contributed by atoms with Crippen LogP contribution in [0.1, 0.15) is 29.5 Å². The van der Waals surface area contributed by atoms with Gasteiger partial charge in [-0.1, -0.05) is 44.0 Å². The van der Waals surface area contributed by atoms with Gasteiger partial charge in [0.2, 0.25) is 11.8 Å². The summed E-state index contributed by atoms with van der Waals surface area (Å²) in [6.07, 6.45) is -14.8. The Labute approximate surface area is 333 Å². The Hall–Kier alpha value is -5.14. The lowest BCUT2D eigenvalue weighted by atomic mass is 9.72. The molecule has 57 heavy (non-hydrogen) atoms. The Morgan fingerprint density at radius 2 is 1.00 bits per heavy atom. The fourth-order valence-electron chi connectivity index (χ4n) is 4.78. The van der Waals surface area contributed by atoms with Crippen LogP contribution in [0.2, 0.25) is 0 Å². The SMILES string of the molecule is NC(N)=NCCCN1C(=O)N(CCCN=C(N)N)C(=O)C(Cc2ccc(C(F)(F)F)cc2)(Cc2cc(Br)cc(Br)c2)C1=O.O=C(O)C(F)(F)F.O=C(O)C(F)(F)F. The van der Waals surface area contributed by atoms with Gasteiger partial charge >= 0.3 is 36.5 Å². The van der Waals surface area contributed by atoms with Gasteiger partial charge in [-0.15, -0.1) is 0 Å². The van der Waals surface area contributed by atoms with E-state index in [9.17, 15) is 53.9 Å². The molecule has 10 N–H and O–H groups in total. The number of nitrogens with two attached hydrogens (primary N) is 4. The van der Waals surface area contributed by atoms with Gasteiger partial charge in [-0.2, -0.15) is 39.5 Å². The van der Waals surface area contributed by atoms with Gasteiger partial charge in [-0.05, 0) is 67.1 Å². The number of rotatable bonds is 12. The summed E-state index contributed by atoms with van der Waals surface area (Å²) < 4.78 is 105. The molecule has 0 aromatic heterocycles. The summed E-state index contributed by atoms with van der Waals surface area (Å²) in [5.74, 6) is -7.39. The Balaban J connectivity index is 0.000000984. The van der Waals surface area contributed by atoms with E-state index in [2.05, 4.69) is 41.8 Å². The highest BCUT2D eigenvalue weighted by Crippen LogP contribution is 2.39. The predicted octanol–water partition coefficient (Wildman–Crippen LogP) is 4.39. The lowest BCUT2D eigenvalue weighted by molar-refractivity contribution is -0.193. The molecule has 0 unspecified atom stereocenters. The highest BCUT2D eigenvalue weighted by molar-refractivity contribution is 9.11. The van der Waals surface area contributed by atoms with Gasteiger partial charge < -0.3 is 33.1 Å². The number of urea groups is 1. The van der Waals surface area contributed by atoms with Crippen molar-refractivity contribution in [1.29, 1.82) is 0 Å². The highest BCUT2D eigenvalue weighted by Gasteiger charge is 2.57. The summed E-state index contributed by atoms with van der Waals surface area (Å²) in [4.78, 5) is 69.6. The standard InChI is InChI=1S/C27H31Br2F3N8O3.2C2HF3O2/c28-19-11-17(12-20(29)13-19)15-26(14-16-3-5-18(6-4-16)27(30,31)32)21(41)39(9-1-7-37-23(33)34)25(43)40(22(26)42)10-2-8-38-24(35)36;2*3-2(4,5)1(6)7/h3-6,11-13H,1-2,7-10,14-15H2,(H4,33,34,37)(H4,35,36,38);2*(H,6,7). The molecule has 0 spiro atoms. The largest absolute Gasteiger partial charge is 0.490 e. The number of nitrogens with zero attached hydrogens (tertiary/aromatic N) is 4. The summed E-state index contributed by atoms with van der Waals surface area (Å²) in [7, 11) is 0. The van der Waals surface area contributed by atoms with Gasteiger partial charge in [-0.3, -0.25) is 29.4 Å². The number of carboxylic acids is 2. The van der Waals surface area contributed by atoms with Crippen molar-refractivity contribution < 1.29 is 73.7 Å². The first-order valence-corrected chi connectivity index (χ1v) is 17.1. The summed E-state index contributed by atoms with van der Waals surface area (Å²) in [6.45, 7) is 0.0107. The van der Waals surface area contributed by atoms with Crippen molar-refractivity contribution in [1.82, 2.24) is 9.80 Å². The van der Waals surface area contributed by atoms with Crippen molar-refractivity contribution in [2.75, 3.05) is 26.2 Å². The van der Waals surface area contributed by atoms with Crippen LogP contribution in [0.15, 0.2) is 61.4 Å². The van der Waals surface area contributed by atoms with Crippen LogP contribution in [0, 0.1) is 5.41 Å². The molecule has 0 atom stereocenters. The molecule has 1 saturated heterocycles. The third-order valence-electron chi connectivity index (χ3n) is 7.14. The Morgan fingerprint density at radius 1 is 0.649 bits per heavy atom. The molecule has 2 aromatic rings. The number of hydrogen-bond acceptors (Lipinski definition) is 7. The van der Waals surface area contributed by atoms with Crippen molar-refractivity contribution in [3.05, 3.63) is 68.1 Å². The number of guanidine groups is 2. The van der Waals surface area contributed by atoms with Gasteiger partial charge in [-0.25, -0.2) is 14.4 Å². The molecule has 0 saturated carbocycles.